The van der Waals surface area contributed by atoms with Gasteiger partial charge in [0.2, 0.25) is 0 Å². The standard InChI is InChI=1S/C29H45N2O5P/c1-6-32-37(33-20-13-7-12-18-30,34-21-19-31(22(2)3)23(4)5)35-28-26-16-10-8-14-24(26)25-15-9-11-17-27(25)29(28)36-37/h8-11,14-17,22-23,28-29H,6-7,12-13,18-21,30H2,1-5H3. The van der Waals surface area contributed by atoms with Crippen molar-refractivity contribution in [1.82, 2.24) is 4.90 Å². The number of benzene rings is 2. The summed E-state index contributed by atoms with van der Waals surface area (Å²) >= 11 is 0. The van der Waals surface area contributed by atoms with Crippen LogP contribution in [0.25, 0.3) is 11.1 Å². The number of fused-ring (bicyclic) bond motifs is 6. The molecule has 1 aliphatic heterocycles. The van der Waals surface area contributed by atoms with Crippen LogP contribution in [0.4, 0.5) is 0 Å². The average Bonchev–Trinajstić information content (AvgIpc) is 3.23. The molecule has 1 saturated heterocycles. The molecule has 1 heterocycles. The van der Waals surface area contributed by atoms with Gasteiger partial charge in [-0.3, -0.25) is 0 Å². The second kappa shape index (κ2) is 12.2. The molecule has 0 aromatic heterocycles. The van der Waals surface area contributed by atoms with Crippen molar-refractivity contribution in [1.29, 1.82) is 0 Å². The SMILES string of the molecule is CCOP1(OCCCCCN)(OCCN(C(C)C)C(C)C)OC2c3ccccc3-c3ccccc3C2O1. The van der Waals surface area contributed by atoms with Crippen LogP contribution in [0.15, 0.2) is 48.5 Å². The summed E-state index contributed by atoms with van der Waals surface area (Å²) in [6.45, 7) is 13.2. The molecule has 2 aromatic carbocycles. The van der Waals surface area contributed by atoms with Crippen LogP contribution in [-0.4, -0.2) is 49.9 Å². The molecule has 8 heteroatoms. The molecular weight excluding hydrogens is 487 g/mol. The van der Waals surface area contributed by atoms with E-state index >= 15 is 0 Å². The second-order valence-electron chi connectivity index (χ2n) is 10.3. The van der Waals surface area contributed by atoms with Crippen LogP contribution in [0.3, 0.4) is 0 Å². The van der Waals surface area contributed by atoms with Crippen LogP contribution in [-0.2, 0) is 22.6 Å². The fraction of sp³-hybridized carbons (Fsp3) is 0.586. The third kappa shape index (κ3) is 5.95. The Morgan fingerprint density at radius 2 is 1.32 bits per heavy atom. The van der Waals surface area contributed by atoms with Crippen molar-refractivity contribution in [2.45, 2.75) is 78.2 Å². The molecule has 2 N–H and O–H groups in total. The van der Waals surface area contributed by atoms with Crippen LogP contribution >= 0.6 is 7.74 Å². The van der Waals surface area contributed by atoms with E-state index in [0.717, 1.165) is 41.5 Å². The van der Waals surface area contributed by atoms with Gasteiger partial charge < -0.3 is 0 Å². The van der Waals surface area contributed by atoms with Gasteiger partial charge in [-0.1, -0.05) is 0 Å². The summed E-state index contributed by atoms with van der Waals surface area (Å²) in [5, 5.41) is 0. The quantitative estimate of drug-likeness (QED) is 0.209. The molecule has 2 aliphatic rings. The summed E-state index contributed by atoms with van der Waals surface area (Å²) in [5.74, 6) is 0. The van der Waals surface area contributed by atoms with Crippen LogP contribution in [0.2, 0.25) is 0 Å². The molecule has 0 spiro atoms. The van der Waals surface area contributed by atoms with Crippen LogP contribution in [0.5, 0.6) is 0 Å². The van der Waals surface area contributed by atoms with Gasteiger partial charge in [0.1, 0.15) is 0 Å². The van der Waals surface area contributed by atoms with E-state index in [0.29, 0.717) is 45.0 Å². The predicted molar refractivity (Wildman–Crippen MR) is 150 cm³/mol. The summed E-state index contributed by atoms with van der Waals surface area (Å²) in [5.41, 5.74) is 10.1. The number of hydrogen-bond donors (Lipinski definition) is 1. The van der Waals surface area contributed by atoms with Crippen LogP contribution < -0.4 is 5.73 Å². The monoisotopic (exact) mass is 532 g/mol. The molecule has 206 valence electrons. The summed E-state index contributed by atoms with van der Waals surface area (Å²) < 4.78 is 33.4. The Balaban J connectivity index is 1.69. The van der Waals surface area contributed by atoms with Crippen molar-refractivity contribution in [3.05, 3.63) is 59.7 Å². The van der Waals surface area contributed by atoms with E-state index in [2.05, 4.69) is 69.0 Å². The summed E-state index contributed by atoms with van der Waals surface area (Å²) in [7, 11) is -4.41. The molecule has 0 amide bonds. The first-order valence-corrected chi connectivity index (χ1v) is 15.6. The topological polar surface area (TPSA) is 75.4 Å². The van der Waals surface area contributed by atoms with Gasteiger partial charge in [0.25, 0.3) is 0 Å². The van der Waals surface area contributed by atoms with E-state index < -0.39 is 7.74 Å². The van der Waals surface area contributed by atoms with Crippen LogP contribution in [0.1, 0.15) is 77.2 Å². The van der Waals surface area contributed by atoms with Gasteiger partial charge in [-0.25, -0.2) is 0 Å². The summed E-state index contributed by atoms with van der Waals surface area (Å²) in [6, 6.07) is 17.5. The van der Waals surface area contributed by atoms with E-state index in [4.69, 9.17) is 28.4 Å². The molecule has 1 aliphatic carbocycles. The number of unbranched alkanes of at least 4 members (excludes halogenated alkanes) is 2. The molecule has 0 radical (unpaired) electrons. The zero-order valence-electron chi connectivity index (χ0n) is 23.1. The fourth-order valence-corrected chi connectivity index (χ4v) is 8.53. The minimum absolute atomic E-state index is 0.349. The Labute approximate surface area is 222 Å². The average molecular weight is 533 g/mol. The molecule has 7 nitrogen and oxygen atoms in total. The van der Waals surface area contributed by atoms with E-state index in [1.54, 1.807) is 0 Å². The summed E-state index contributed by atoms with van der Waals surface area (Å²) in [4.78, 5) is 2.38. The Morgan fingerprint density at radius 3 is 1.84 bits per heavy atom. The zero-order chi connectivity index (χ0) is 26.5. The normalized spacial score (nSPS) is 22.5. The number of nitrogens with two attached hydrogens (primary N) is 1. The summed E-state index contributed by atoms with van der Waals surface area (Å²) in [6.07, 6.45) is 1.96. The van der Waals surface area contributed by atoms with E-state index in [-0.39, 0.29) is 12.2 Å². The van der Waals surface area contributed by atoms with Crippen molar-refractivity contribution in [2.75, 3.05) is 32.9 Å². The third-order valence-corrected chi connectivity index (χ3v) is 10.2. The maximum atomic E-state index is 6.87. The molecule has 4 rings (SSSR count). The zero-order valence-corrected chi connectivity index (χ0v) is 24.0. The maximum absolute atomic E-state index is 6.87. The predicted octanol–water partition coefficient (Wildman–Crippen LogP) is 6.94. The van der Waals surface area contributed by atoms with Gasteiger partial charge in [0.15, 0.2) is 0 Å². The molecular formula is C29H45N2O5P. The molecule has 0 bridgehead atoms. The van der Waals surface area contributed by atoms with Gasteiger partial charge >= 0.3 is 223 Å². The number of hydrogen-bond acceptors (Lipinski definition) is 7. The van der Waals surface area contributed by atoms with Gasteiger partial charge in [-0.05, 0) is 0 Å². The molecule has 0 saturated carbocycles. The first-order valence-electron chi connectivity index (χ1n) is 13.8. The van der Waals surface area contributed by atoms with Crippen molar-refractivity contribution in [3.8, 4) is 11.1 Å². The van der Waals surface area contributed by atoms with Gasteiger partial charge in [-0.2, -0.15) is 0 Å². The molecule has 2 atom stereocenters. The second-order valence-corrected chi connectivity index (χ2v) is 13.0. The fourth-order valence-electron chi connectivity index (χ4n) is 5.48. The number of nitrogens with zero attached hydrogens (tertiary/aromatic N) is 1. The van der Waals surface area contributed by atoms with Crippen LogP contribution in [0, 0.1) is 0 Å². The Morgan fingerprint density at radius 1 is 0.784 bits per heavy atom. The van der Waals surface area contributed by atoms with Crippen molar-refractivity contribution in [3.63, 3.8) is 0 Å². The number of rotatable bonds is 14. The van der Waals surface area contributed by atoms with Gasteiger partial charge in [0.05, 0.1) is 0 Å². The van der Waals surface area contributed by atoms with Crippen molar-refractivity contribution < 1.29 is 22.6 Å². The van der Waals surface area contributed by atoms with Crippen molar-refractivity contribution >= 4 is 7.74 Å². The molecule has 37 heavy (non-hydrogen) atoms. The third-order valence-electron chi connectivity index (χ3n) is 7.14. The molecule has 2 aromatic rings. The first kappa shape index (κ1) is 28.6. The van der Waals surface area contributed by atoms with E-state index in [9.17, 15) is 0 Å². The van der Waals surface area contributed by atoms with Gasteiger partial charge in [-0.15, -0.1) is 0 Å². The molecule has 2 unspecified atom stereocenters. The van der Waals surface area contributed by atoms with E-state index in [1.807, 2.05) is 19.1 Å². The van der Waals surface area contributed by atoms with Gasteiger partial charge in [0, 0.05) is 0 Å². The first-order chi connectivity index (χ1) is 17.8. The van der Waals surface area contributed by atoms with E-state index in [1.165, 1.54) is 0 Å². The Bertz CT molecular complexity index is 971. The Kier molecular flexibility index (Phi) is 9.42. The minimum atomic E-state index is -4.41. The molecule has 1 fully saturated rings. The Hall–Kier alpha value is -1.41. The van der Waals surface area contributed by atoms with Crippen molar-refractivity contribution in [2.24, 2.45) is 5.73 Å².